The van der Waals surface area contributed by atoms with Gasteiger partial charge in [-0.2, -0.15) is 10.5 Å². The highest BCUT2D eigenvalue weighted by atomic mass is 15.5. The Kier molecular flexibility index (Phi) is 6.65. The molecule has 0 aliphatic heterocycles. The van der Waals surface area contributed by atoms with Crippen molar-refractivity contribution in [3.05, 3.63) is 131 Å². The third-order valence-corrected chi connectivity index (χ3v) is 6.62. The van der Waals surface area contributed by atoms with Gasteiger partial charge in [-0.15, -0.1) is 10.2 Å². The maximum atomic E-state index is 9.33. The molecule has 0 saturated carbocycles. The molecule has 6 aromatic rings. The smallest absolute Gasteiger partial charge is 0.122 e. The molecule has 2 aromatic heterocycles. The van der Waals surface area contributed by atoms with Crippen molar-refractivity contribution in [2.75, 3.05) is 0 Å². The van der Waals surface area contributed by atoms with E-state index >= 15 is 0 Å². The lowest BCUT2D eigenvalue weighted by Gasteiger charge is -2.13. The van der Waals surface area contributed by atoms with Crippen LogP contribution in [0, 0.1) is 22.7 Å². The molecule has 6 rings (SSSR count). The number of hydrogen-bond acceptors (Lipinski definition) is 6. The Morgan fingerprint density at radius 1 is 0.500 bits per heavy atom. The Balaban J connectivity index is 1.58. The van der Waals surface area contributed by atoms with E-state index in [-0.39, 0.29) is 0 Å². The second-order valence-corrected chi connectivity index (χ2v) is 9.24. The van der Waals surface area contributed by atoms with E-state index in [1.54, 1.807) is 24.3 Å². The molecule has 4 aromatic carbocycles. The van der Waals surface area contributed by atoms with E-state index in [1.165, 1.54) is 0 Å². The Labute approximate surface area is 231 Å². The van der Waals surface area contributed by atoms with Crippen LogP contribution in [0.1, 0.15) is 22.3 Å². The minimum atomic E-state index is 0.489. The van der Waals surface area contributed by atoms with Crippen molar-refractivity contribution in [1.82, 2.24) is 30.0 Å². The fourth-order valence-corrected chi connectivity index (χ4v) is 4.62. The van der Waals surface area contributed by atoms with E-state index in [9.17, 15) is 10.5 Å². The summed E-state index contributed by atoms with van der Waals surface area (Å²) in [6.07, 6.45) is 0. The Bertz CT molecular complexity index is 1700. The van der Waals surface area contributed by atoms with Crippen LogP contribution in [0.15, 0.2) is 109 Å². The zero-order valence-corrected chi connectivity index (χ0v) is 21.4. The second kappa shape index (κ2) is 10.9. The minimum absolute atomic E-state index is 0.489. The van der Waals surface area contributed by atoms with Crippen molar-refractivity contribution >= 4 is 0 Å². The van der Waals surface area contributed by atoms with Crippen LogP contribution in [0.5, 0.6) is 0 Å². The normalized spacial score (nSPS) is 10.7. The summed E-state index contributed by atoms with van der Waals surface area (Å²) in [4.78, 5) is 0. The molecule has 2 heterocycles. The Hall–Kier alpha value is -5.86. The van der Waals surface area contributed by atoms with E-state index in [1.807, 2.05) is 94.3 Å². The van der Waals surface area contributed by atoms with Crippen LogP contribution in [0.4, 0.5) is 0 Å². The van der Waals surface area contributed by atoms with Gasteiger partial charge in [-0.3, -0.25) is 0 Å². The molecule has 0 atom stereocenters. The van der Waals surface area contributed by atoms with E-state index in [0.29, 0.717) is 35.6 Å². The van der Waals surface area contributed by atoms with Gasteiger partial charge >= 0.3 is 0 Å². The summed E-state index contributed by atoms with van der Waals surface area (Å²) in [6.45, 7) is 0.978. The number of nitrogens with zero attached hydrogens (tertiary/aromatic N) is 8. The molecule has 8 nitrogen and oxygen atoms in total. The number of hydrogen-bond donors (Lipinski definition) is 0. The van der Waals surface area contributed by atoms with Crippen LogP contribution in [-0.2, 0) is 13.1 Å². The quantitative estimate of drug-likeness (QED) is 0.268. The van der Waals surface area contributed by atoms with Crippen LogP contribution < -0.4 is 0 Å². The van der Waals surface area contributed by atoms with E-state index in [4.69, 9.17) is 0 Å². The van der Waals surface area contributed by atoms with E-state index < -0.39 is 0 Å². The van der Waals surface area contributed by atoms with Crippen LogP contribution in [0.2, 0.25) is 0 Å². The lowest BCUT2D eigenvalue weighted by Crippen LogP contribution is -2.10. The van der Waals surface area contributed by atoms with E-state index in [2.05, 4.69) is 32.8 Å². The predicted molar refractivity (Wildman–Crippen MR) is 150 cm³/mol. The summed E-state index contributed by atoms with van der Waals surface area (Å²) in [7, 11) is 0. The van der Waals surface area contributed by atoms with Crippen LogP contribution in [0.3, 0.4) is 0 Å². The first kappa shape index (κ1) is 24.5. The monoisotopic (exact) mass is 518 g/mol. The van der Waals surface area contributed by atoms with Gasteiger partial charge in [-0.05, 0) is 35.4 Å². The molecule has 0 fully saturated rings. The third kappa shape index (κ3) is 4.85. The Morgan fingerprint density at radius 3 is 1.23 bits per heavy atom. The zero-order chi connectivity index (χ0) is 27.3. The first-order chi connectivity index (χ1) is 19.7. The average Bonchev–Trinajstić information content (AvgIpc) is 3.61. The summed E-state index contributed by atoms with van der Waals surface area (Å²) in [5.41, 5.74) is 7.76. The molecule has 0 aliphatic rings. The van der Waals surface area contributed by atoms with Crippen molar-refractivity contribution in [3.63, 3.8) is 0 Å². The van der Waals surface area contributed by atoms with Gasteiger partial charge in [0.1, 0.15) is 22.8 Å². The molecule has 40 heavy (non-hydrogen) atoms. The topological polar surface area (TPSA) is 109 Å². The highest BCUT2D eigenvalue weighted by Crippen LogP contribution is 2.37. The lowest BCUT2D eigenvalue weighted by atomic mass is 10.0. The van der Waals surface area contributed by atoms with Gasteiger partial charge in [0.25, 0.3) is 0 Å². The zero-order valence-electron chi connectivity index (χ0n) is 21.4. The molecule has 190 valence electrons. The number of aromatic nitrogens is 6. The van der Waals surface area contributed by atoms with Crippen molar-refractivity contribution in [2.24, 2.45) is 0 Å². The minimum Gasteiger partial charge on any atom is -0.238 e. The van der Waals surface area contributed by atoms with Crippen molar-refractivity contribution in [2.45, 2.75) is 13.1 Å². The molecule has 0 amide bonds. The van der Waals surface area contributed by atoms with Crippen LogP contribution >= 0.6 is 0 Å². The van der Waals surface area contributed by atoms with Gasteiger partial charge in [0.15, 0.2) is 0 Å². The highest BCUT2D eigenvalue weighted by molar-refractivity contribution is 5.85. The van der Waals surface area contributed by atoms with Crippen molar-refractivity contribution in [3.8, 4) is 46.0 Å². The summed E-state index contributed by atoms with van der Waals surface area (Å²) in [5.74, 6) is 0. The fraction of sp³-hybridized carbons (Fsp3) is 0.0625. The third-order valence-electron chi connectivity index (χ3n) is 6.62. The van der Waals surface area contributed by atoms with Crippen molar-refractivity contribution < 1.29 is 0 Å². The fourth-order valence-electron chi connectivity index (χ4n) is 4.62. The summed E-state index contributed by atoms with van der Waals surface area (Å²) >= 11 is 0. The molecule has 8 heteroatoms. The highest BCUT2D eigenvalue weighted by Gasteiger charge is 2.26. The maximum Gasteiger partial charge on any atom is 0.122 e. The van der Waals surface area contributed by atoms with Gasteiger partial charge < -0.3 is 0 Å². The molecule has 0 aliphatic carbocycles. The van der Waals surface area contributed by atoms with Crippen LogP contribution in [0.25, 0.3) is 33.9 Å². The lowest BCUT2D eigenvalue weighted by molar-refractivity contribution is 0.630. The number of rotatable bonds is 7. The molecular weight excluding hydrogens is 496 g/mol. The molecule has 0 N–H and O–H groups in total. The van der Waals surface area contributed by atoms with Crippen LogP contribution in [-0.4, -0.2) is 30.0 Å². The van der Waals surface area contributed by atoms with Gasteiger partial charge in [-0.1, -0.05) is 95.4 Å². The average molecular weight is 519 g/mol. The Morgan fingerprint density at radius 2 is 0.875 bits per heavy atom. The molecular formula is C32H22N8. The predicted octanol–water partition coefficient (Wildman–Crippen LogP) is 5.71. The largest absolute Gasteiger partial charge is 0.238 e. The molecule has 0 spiro atoms. The SMILES string of the molecule is N#Cc1ccc(-c2nnn(Cc3ccccc3)c2-c2c(-c3ccc(C#N)cc3)nnn2Cc2ccccc2)cc1. The maximum absolute atomic E-state index is 9.33. The summed E-state index contributed by atoms with van der Waals surface area (Å²) in [6, 6.07) is 39.1. The van der Waals surface area contributed by atoms with Gasteiger partial charge in [0.05, 0.1) is 36.4 Å². The first-order valence-corrected chi connectivity index (χ1v) is 12.7. The summed E-state index contributed by atoms with van der Waals surface area (Å²) in [5, 5.41) is 37.1. The van der Waals surface area contributed by atoms with Gasteiger partial charge in [0, 0.05) is 11.1 Å². The molecule has 0 unspecified atom stereocenters. The molecule has 0 saturated heterocycles. The number of benzene rings is 4. The number of nitriles is 2. The van der Waals surface area contributed by atoms with Crippen molar-refractivity contribution in [1.29, 1.82) is 10.5 Å². The summed E-state index contributed by atoms with van der Waals surface area (Å²) < 4.78 is 3.74. The molecule has 0 radical (unpaired) electrons. The second-order valence-electron chi connectivity index (χ2n) is 9.24. The van der Waals surface area contributed by atoms with E-state index in [0.717, 1.165) is 33.6 Å². The molecule has 0 bridgehead atoms. The standard InChI is InChI=1S/C32H22N8/c33-19-23-11-15-27(16-12-23)29-31(39(37-35-29)21-25-7-3-1-4-8-25)32-30(28-17-13-24(20-34)14-18-28)36-38-40(32)22-26-9-5-2-6-10-26/h1-18H,21-22H2. The van der Waals surface area contributed by atoms with Gasteiger partial charge in [-0.25, -0.2) is 9.36 Å². The first-order valence-electron chi connectivity index (χ1n) is 12.7. The van der Waals surface area contributed by atoms with Gasteiger partial charge in [0.2, 0.25) is 0 Å².